The number of nitrogens with zero attached hydrogens (tertiary/aromatic N) is 3. The number of benzene rings is 2. The molecule has 0 bridgehead atoms. The van der Waals surface area contributed by atoms with Crippen molar-refractivity contribution in [3.63, 3.8) is 0 Å². The summed E-state index contributed by atoms with van der Waals surface area (Å²) in [5, 5.41) is 17.6. The first-order chi connectivity index (χ1) is 15.4. The van der Waals surface area contributed by atoms with Crippen molar-refractivity contribution in [1.29, 1.82) is 0 Å². The van der Waals surface area contributed by atoms with Crippen molar-refractivity contribution in [2.75, 3.05) is 13.1 Å². The Labute approximate surface area is 191 Å². The first-order valence-corrected chi connectivity index (χ1v) is 11.0. The summed E-state index contributed by atoms with van der Waals surface area (Å²) in [6.07, 6.45) is 2.84. The number of aromatic nitrogens is 3. The number of rotatable bonds is 9. The van der Waals surface area contributed by atoms with Crippen molar-refractivity contribution in [2.24, 2.45) is 0 Å². The van der Waals surface area contributed by atoms with Crippen molar-refractivity contribution < 1.29 is 14.4 Å². The summed E-state index contributed by atoms with van der Waals surface area (Å²) in [5.74, 6) is 0.161. The van der Waals surface area contributed by atoms with Gasteiger partial charge in [-0.05, 0) is 56.6 Å². The van der Waals surface area contributed by atoms with Crippen LogP contribution in [0.3, 0.4) is 0 Å². The lowest BCUT2D eigenvalue weighted by molar-refractivity contribution is -0.136. The molecule has 0 saturated heterocycles. The Morgan fingerprint density at radius 3 is 2.81 bits per heavy atom. The van der Waals surface area contributed by atoms with Crippen molar-refractivity contribution in [3.8, 4) is 22.8 Å². The molecule has 4 aromatic rings. The lowest BCUT2D eigenvalue weighted by Crippen LogP contribution is -2.20. The Morgan fingerprint density at radius 2 is 2.03 bits per heavy atom. The molecule has 0 spiro atoms. The molecule has 166 valence electrons. The maximum atomic E-state index is 10.6. The quantitative estimate of drug-likeness (QED) is 0.339. The molecule has 0 fully saturated rings. The van der Waals surface area contributed by atoms with Crippen LogP contribution in [0.2, 0.25) is 5.02 Å². The third-order valence-electron chi connectivity index (χ3n) is 5.31. The third kappa shape index (κ3) is 4.84. The van der Waals surface area contributed by atoms with Gasteiger partial charge in [0.05, 0.1) is 11.4 Å². The first kappa shape index (κ1) is 22.0. The van der Waals surface area contributed by atoms with Gasteiger partial charge in [-0.2, -0.15) is 4.98 Å². The van der Waals surface area contributed by atoms with Crippen LogP contribution in [0.4, 0.5) is 0 Å². The van der Waals surface area contributed by atoms with Crippen molar-refractivity contribution in [2.45, 2.75) is 32.7 Å². The molecule has 0 aliphatic carbocycles. The van der Waals surface area contributed by atoms with E-state index in [1.165, 1.54) is 0 Å². The average Bonchev–Trinajstić information content (AvgIpc) is 3.39. The molecule has 0 aliphatic rings. The molecule has 0 radical (unpaired) electrons. The molecule has 0 atom stereocenters. The predicted octanol–water partition coefficient (Wildman–Crippen LogP) is 5.20. The lowest BCUT2D eigenvalue weighted by Gasteiger charge is -2.08. The largest absolute Gasteiger partial charge is 0.481 e. The zero-order chi connectivity index (χ0) is 22.7. The minimum Gasteiger partial charge on any atom is -0.481 e. The highest BCUT2D eigenvalue weighted by Gasteiger charge is 2.15. The number of carboxylic acids is 1. The van der Waals surface area contributed by atoms with Gasteiger partial charge >= 0.3 is 5.97 Å². The molecule has 7 nitrogen and oxygen atoms in total. The van der Waals surface area contributed by atoms with Crippen LogP contribution < -0.4 is 5.32 Å². The van der Waals surface area contributed by atoms with Crippen molar-refractivity contribution >= 4 is 28.5 Å². The van der Waals surface area contributed by atoms with Gasteiger partial charge in [0.25, 0.3) is 5.89 Å². The Hall–Kier alpha value is -3.16. The molecule has 32 heavy (non-hydrogen) atoms. The predicted molar refractivity (Wildman–Crippen MR) is 125 cm³/mol. The fourth-order valence-corrected chi connectivity index (χ4v) is 3.91. The van der Waals surface area contributed by atoms with E-state index < -0.39 is 5.97 Å². The SMILES string of the molecule is CC(C)n1cc(Cl)c2cc(-c3nc(-c4cccc(CCNCCC(=O)O)c4)no3)ccc21. The molecule has 0 aliphatic heterocycles. The average molecular weight is 453 g/mol. The summed E-state index contributed by atoms with van der Waals surface area (Å²) in [6, 6.07) is 14.2. The number of fused-ring (bicyclic) bond motifs is 1. The standard InChI is InChI=1S/C24H25ClN4O3/c1-15(2)29-14-20(25)19-13-18(6-7-21(19)29)24-27-23(28-32-24)17-5-3-4-16(12-17)8-10-26-11-9-22(30)31/h3-7,12-15,26H,8-11H2,1-2H3,(H,30,31). The van der Waals surface area contributed by atoms with E-state index >= 15 is 0 Å². The number of aliphatic carboxylic acids is 1. The molecule has 2 aromatic carbocycles. The van der Waals surface area contributed by atoms with Crippen LogP contribution in [-0.2, 0) is 11.2 Å². The maximum absolute atomic E-state index is 10.6. The number of carboxylic acid groups (broad SMARTS) is 1. The summed E-state index contributed by atoms with van der Waals surface area (Å²) in [4.78, 5) is 15.2. The van der Waals surface area contributed by atoms with E-state index in [9.17, 15) is 4.79 Å². The van der Waals surface area contributed by atoms with Crippen LogP contribution in [0.25, 0.3) is 33.7 Å². The Balaban J connectivity index is 1.50. The van der Waals surface area contributed by atoms with Gasteiger partial charge in [0, 0.05) is 40.8 Å². The fraction of sp³-hybridized carbons (Fsp3) is 0.292. The molecule has 2 heterocycles. The minimum atomic E-state index is -0.800. The smallest absolute Gasteiger partial charge is 0.304 e. The van der Waals surface area contributed by atoms with Crippen LogP contribution in [0.5, 0.6) is 0 Å². The van der Waals surface area contributed by atoms with Gasteiger partial charge in [-0.15, -0.1) is 0 Å². The van der Waals surface area contributed by atoms with E-state index in [1.807, 2.05) is 48.7 Å². The second-order valence-electron chi connectivity index (χ2n) is 7.98. The number of hydrogen-bond donors (Lipinski definition) is 2. The highest BCUT2D eigenvalue weighted by atomic mass is 35.5. The molecular weight excluding hydrogens is 428 g/mol. The van der Waals surface area contributed by atoms with E-state index in [1.54, 1.807) is 0 Å². The van der Waals surface area contributed by atoms with E-state index in [2.05, 4.69) is 33.9 Å². The topological polar surface area (TPSA) is 93.2 Å². The second-order valence-corrected chi connectivity index (χ2v) is 8.38. The van der Waals surface area contributed by atoms with Crippen LogP contribution in [0, 0.1) is 0 Å². The van der Waals surface area contributed by atoms with Crippen LogP contribution >= 0.6 is 11.6 Å². The number of halogens is 1. The molecular formula is C24H25ClN4O3. The van der Waals surface area contributed by atoms with Crippen LogP contribution in [-0.4, -0.2) is 38.9 Å². The van der Waals surface area contributed by atoms with Gasteiger partial charge in [-0.3, -0.25) is 4.79 Å². The molecule has 8 heteroatoms. The van der Waals surface area contributed by atoms with E-state index in [0.29, 0.717) is 35.9 Å². The Bertz CT molecular complexity index is 1250. The summed E-state index contributed by atoms with van der Waals surface area (Å²) < 4.78 is 7.69. The zero-order valence-electron chi connectivity index (χ0n) is 18.0. The highest BCUT2D eigenvalue weighted by molar-refractivity contribution is 6.35. The van der Waals surface area contributed by atoms with Gasteiger partial charge in [0.15, 0.2) is 0 Å². The molecule has 2 N–H and O–H groups in total. The molecule has 2 aromatic heterocycles. The van der Waals surface area contributed by atoms with Gasteiger partial charge in [-0.1, -0.05) is 35.0 Å². The van der Waals surface area contributed by atoms with Gasteiger partial charge in [0.1, 0.15) is 0 Å². The van der Waals surface area contributed by atoms with Gasteiger partial charge in [0.2, 0.25) is 5.82 Å². The second kappa shape index (κ2) is 9.54. The zero-order valence-corrected chi connectivity index (χ0v) is 18.8. The Kier molecular flexibility index (Phi) is 6.58. The normalized spacial score (nSPS) is 11.5. The molecule has 0 amide bonds. The van der Waals surface area contributed by atoms with E-state index in [-0.39, 0.29) is 6.42 Å². The summed E-state index contributed by atoms with van der Waals surface area (Å²) in [6.45, 7) is 5.39. The minimum absolute atomic E-state index is 0.116. The number of nitrogens with one attached hydrogen (secondary N) is 1. The monoisotopic (exact) mass is 452 g/mol. The van der Waals surface area contributed by atoms with Gasteiger partial charge in [-0.25, -0.2) is 0 Å². The summed E-state index contributed by atoms with van der Waals surface area (Å²) in [7, 11) is 0. The first-order valence-electron chi connectivity index (χ1n) is 10.6. The molecule has 0 unspecified atom stereocenters. The highest BCUT2D eigenvalue weighted by Crippen LogP contribution is 2.32. The van der Waals surface area contributed by atoms with Crippen LogP contribution in [0.15, 0.2) is 53.2 Å². The van der Waals surface area contributed by atoms with Crippen molar-refractivity contribution in [3.05, 3.63) is 59.2 Å². The van der Waals surface area contributed by atoms with E-state index in [4.69, 9.17) is 21.2 Å². The summed E-state index contributed by atoms with van der Waals surface area (Å²) in [5.41, 5.74) is 3.87. The van der Waals surface area contributed by atoms with Crippen molar-refractivity contribution in [1.82, 2.24) is 20.0 Å². The maximum Gasteiger partial charge on any atom is 0.304 e. The Morgan fingerprint density at radius 1 is 1.19 bits per heavy atom. The molecule has 4 rings (SSSR count). The fourth-order valence-electron chi connectivity index (χ4n) is 3.65. The summed E-state index contributed by atoms with van der Waals surface area (Å²) >= 11 is 6.45. The van der Waals surface area contributed by atoms with Crippen LogP contribution in [0.1, 0.15) is 31.9 Å². The number of hydrogen-bond acceptors (Lipinski definition) is 5. The third-order valence-corrected chi connectivity index (χ3v) is 5.61. The van der Waals surface area contributed by atoms with Gasteiger partial charge < -0.3 is 19.5 Å². The molecule has 0 saturated carbocycles. The number of carbonyl (C=O) groups is 1. The van der Waals surface area contributed by atoms with E-state index in [0.717, 1.165) is 34.0 Å². The lowest BCUT2D eigenvalue weighted by atomic mass is 10.1.